The van der Waals surface area contributed by atoms with E-state index in [1.54, 1.807) is 30.3 Å². The Morgan fingerprint density at radius 2 is 1.83 bits per heavy atom. The lowest BCUT2D eigenvalue weighted by atomic mass is 10.0. The van der Waals surface area contributed by atoms with E-state index in [1.165, 1.54) is 25.3 Å². The van der Waals surface area contributed by atoms with Gasteiger partial charge in [0.25, 0.3) is 0 Å². The minimum Gasteiger partial charge on any atom is -0.496 e. The average molecular weight is 365 g/mol. The molecule has 0 aliphatic carbocycles. The number of allylic oxidation sites excluding steroid dienone is 1. The number of methoxy groups -OCH3 is 1. The van der Waals surface area contributed by atoms with Crippen LogP contribution >= 0.6 is 23.2 Å². The minimum atomic E-state index is -1.00. The van der Waals surface area contributed by atoms with Gasteiger partial charge in [0.1, 0.15) is 5.75 Å². The summed E-state index contributed by atoms with van der Waals surface area (Å²) in [5, 5.41) is 9.82. The molecule has 6 heteroatoms. The molecule has 0 aliphatic rings. The van der Waals surface area contributed by atoms with Crippen LogP contribution in [0.2, 0.25) is 10.0 Å². The molecule has 0 aliphatic heterocycles. The quantitative estimate of drug-likeness (QED) is 0.604. The Bertz CT molecular complexity index is 792. The number of hydrogen-bond donors (Lipinski definition) is 1. The van der Waals surface area contributed by atoms with E-state index in [1.807, 2.05) is 0 Å². The molecule has 0 bridgehead atoms. The zero-order chi connectivity index (χ0) is 17.7. The molecular formula is C18H14Cl2O4. The average Bonchev–Trinajstić information content (AvgIpc) is 2.53. The lowest BCUT2D eigenvalue weighted by Gasteiger charge is -2.08. The summed E-state index contributed by atoms with van der Waals surface area (Å²) in [5.41, 5.74) is 1.33. The third-order valence-corrected chi connectivity index (χ3v) is 3.97. The van der Waals surface area contributed by atoms with Crippen LogP contribution in [0.15, 0.2) is 42.5 Å². The van der Waals surface area contributed by atoms with Crippen LogP contribution in [-0.2, 0) is 11.2 Å². The highest BCUT2D eigenvalue weighted by molar-refractivity contribution is 6.37. The SMILES string of the molecule is COc1ccc(C(=O)/C=C/c2c(Cl)cccc2Cl)cc1CC(=O)O. The monoisotopic (exact) mass is 364 g/mol. The molecule has 0 saturated heterocycles. The number of hydrogen-bond acceptors (Lipinski definition) is 3. The second-order valence-corrected chi connectivity index (χ2v) is 5.74. The smallest absolute Gasteiger partial charge is 0.307 e. The second kappa shape index (κ2) is 7.99. The van der Waals surface area contributed by atoms with Crippen molar-refractivity contribution < 1.29 is 19.4 Å². The van der Waals surface area contributed by atoms with E-state index in [9.17, 15) is 9.59 Å². The Labute approximate surface area is 149 Å². The maximum absolute atomic E-state index is 12.3. The molecule has 0 fully saturated rings. The molecule has 2 aromatic rings. The third kappa shape index (κ3) is 4.37. The number of ketones is 1. The molecule has 0 spiro atoms. The number of ether oxygens (including phenoxy) is 1. The van der Waals surface area contributed by atoms with E-state index in [0.29, 0.717) is 32.5 Å². The molecule has 0 saturated carbocycles. The number of aliphatic carboxylic acids is 1. The molecule has 1 N–H and O–H groups in total. The number of benzene rings is 2. The molecule has 124 valence electrons. The van der Waals surface area contributed by atoms with E-state index >= 15 is 0 Å². The Morgan fingerprint density at radius 1 is 1.17 bits per heavy atom. The van der Waals surface area contributed by atoms with Gasteiger partial charge in [0.2, 0.25) is 0 Å². The highest BCUT2D eigenvalue weighted by Gasteiger charge is 2.11. The summed E-state index contributed by atoms with van der Waals surface area (Å²) >= 11 is 12.1. The first-order valence-corrected chi connectivity index (χ1v) is 7.73. The lowest BCUT2D eigenvalue weighted by Crippen LogP contribution is -2.04. The van der Waals surface area contributed by atoms with E-state index in [4.69, 9.17) is 33.0 Å². The summed E-state index contributed by atoms with van der Waals surface area (Å²) in [6.07, 6.45) is 2.65. The summed E-state index contributed by atoms with van der Waals surface area (Å²) in [5.74, 6) is -0.872. The van der Waals surface area contributed by atoms with Crippen LogP contribution in [0.3, 0.4) is 0 Å². The van der Waals surface area contributed by atoms with Gasteiger partial charge in [-0.2, -0.15) is 0 Å². The van der Waals surface area contributed by atoms with Gasteiger partial charge in [-0.25, -0.2) is 0 Å². The van der Waals surface area contributed by atoms with E-state index in [-0.39, 0.29) is 12.2 Å². The first-order valence-electron chi connectivity index (χ1n) is 6.97. The number of rotatable bonds is 6. The highest BCUT2D eigenvalue weighted by atomic mass is 35.5. The number of halogens is 2. The van der Waals surface area contributed by atoms with Crippen LogP contribution < -0.4 is 4.74 Å². The molecule has 0 radical (unpaired) electrons. The zero-order valence-electron chi connectivity index (χ0n) is 12.8. The summed E-state index contributed by atoms with van der Waals surface area (Å²) in [7, 11) is 1.45. The zero-order valence-corrected chi connectivity index (χ0v) is 14.3. The van der Waals surface area contributed by atoms with Gasteiger partial charge < -0.3 is 9.84 Å². The van der Waals surface area contributed by atoms with E-state index < -0.39 is 5.97 Å². The molecule has 0 aromatic heterocycles. The predicted molar refractivity (Wildman–Crippen MR) is 94.2 cm³/mol. The predicted octanol–water partition coefficient (Wildman–Crippen LogP) is 4.53. The number of carboxylic acids is 1. The van der Waals surface area contributed by atoms with Crippen molar-refractivity contribution in [3.8, 4) is 5.75 Å². The van der Waals surface area contributed by atoms with Gasteiger partial charge in [0.15, 0.2) is 5.78 Å². The van der Waals surface area contributed by atoms with Crippen LogP contribution in [0.4, 0.5) is 0 Å². The van der Waals surface area contributed by atoms with Crippen molar-refractivity contribution in [3.05, 3.63) is 69.2 Å². The Hall–Kier alpha value is -2.30. The molecule has 4 nitrogen and oxygen atoms in total. The van der Waals surface area contributed by atoms with Crippen molar-refractivity contribution in [2.75, 3.05) is 7.11 Å². The first-order chi connectivity index (χ1) is 11.4. The normalized spacial score (nSPS) is 10.8. The summed E-state index contributed by atoms with van der Waals surface area (Å²) in [6, 6.07) is 9.72. The van der Waals surface area contributed by atoms with Crippen molar-refractivity contribution in [1.29, 1.82) is 0 Å². The summed E-state index contributed by atoms with van der Waals surface area (Å²) in [6.45, 7) is 0. The maximum Gasteiger partial charge on any atom is 0.307 e. The molecule has 2 aromatic carbocycles. The van der Waals surface area contributed by atoms with Crippen molar-refractivity contribution in [2.45, 2.75) is 6.42 Å². The van der Waals surface area contributed by atoms with Crippen LogP contribution in [0.1, 0.15) is 21.5 Å². The van der Waals surface area contributed by atoms with Gasteiger partial charge in [-0.1, -0.05) is 29.3 Å². The number of carboxylic acid groups (broad SMARTS) is 1. The van der Waals surface area contributed by atoms with Crippen LogP contribution in [0, 0.1) is 0 Å². The molecule has 24 heavy (non-hydrogen) atoms. The third-order valence-electron chi connectivity index (χ3n) is 3.31. The maximum atomic E-state index is 12.3. The summed E-state index contributed by atoms with van der Waals surface area (Å²) < 4.78 is 5.11. The van der Waals surface area contributed by atoms with E-state index in [2.05, 4.69) is 0 Å². The largest absolute Gasteiger partial charge is 0.496 e. The lowest BCUT2D eigenvalue weighted by molar-refractivity contribution is -0.136. The van der Waals surface area contributed by atoms with Crippen LogP contribution in [0.25, 0.3) is 6.08 Å². The van der Waals surface area contributed by atoms with Crippen LogP contribution in [0.5, 0.6) is 5.75 Å². The highest BCUT2D eigenvalue weighted by Crippen LogP contribution is 2.26. The molecule has 0 unspecified atom stereocenters. The number of carbonyl (C=O) groups is 2. The Kier molecular flexibility index (Phi) is 6.01. The minimum absolute atomic E-state index is 0.232. The topological polar surface area (TPSA) is 63.6 Å². The summed E-state index contributed by atoms with van der Waals surface area (Å²) in [4.78, 5) is 23.2. The standard InChI is InChI=1S/C18H14Cl2O4/c1-24-17-8-5-11(9-12(17)10-18(22)23)16(21)7-6-13-14(19)3-2-4-15(13)20/h2-9H,10H2,1H3,(H,22,23)/b7-6+. The molecule has 0 atom stereocenters. The van der Waals surface area contributed by atoms with Gasteiger partial charge in [-0.05, 0) is 42.5 Å². The number of carbonyl (C=O) groups excluding carboxylic acids is 1. The molecular weight excluding hydrogens is 351 g/mol. The van der Waals surface area contributed by atoms with Gasteiger partial charge in [0, 0.05) is 26.7 Å². The van der Waals surface area contributed by atoms with Gasteiger partial charge in [-0.15, -0.1) is 0 Å². The fourth-order valence-electron chi connectivity index (χ4n) is 2.16. The van der Waals surface area contributed by atoms with Crippen molar-refractivity contribution >= 4 is 41.0 Å². The van der Waals surface area contributed by atoms with Crippen molar-refractivity contribution in [2.24, 2.45) is 0 Å². The van der Waals surface area contributed by atoms with Gasteiger partial charge in [0.05, 0.1) is 13.5 Å². The Morgan fingerprint density at radius 3 is 2.42 bits per heavy atom. The van der Waals surface area contributed by atoms with Gasteiger partial charge in [-0.3, -0.25) is 9.59 Å². The molecule has 0 heterocycles. The van der Waals surface area contributed by atoms with Crippen molar-refractivity contribution in [3.63, 3.8) is 0 Å². The van der Waals surface area contributed by atoms with Crippen LogP contribution in [-0.4, -0.2) is 24.0 Å². The second-order valence-electron chi connectivity index (χ2n) is 4.93. The Balaban J connectivity index is 2.29. The van der Waals surface area contributed by atoms with Gasteiger partial charge >= 0.3 is 5.97 Å². The molecule has 0 amide bonds. The van der Waals surface area contributed by atoms with Crippen molar-refractivity contribution in [1.82, 2.24) is 0 Å². The van der Waals surface area contributed by atoms with E-state index in [0.717, 1.165) is 0 Å². The fraction of sp³-hybridized carbons (Fsp3) is 0.111. The fourth-order valence-corrected chi connectivity index (χ4v) is 2.68. The first kappa shape index (κ1) is 18.0. The molecule has 2 rings (SSSR count).